The number of benzene rings is 5. The molecule has 504 valence electrons. The molecule has 3 N–H and O–H groups in total. The molecule has 5 aromatic carbocycles. The van der Waals surface area contributed by atoms with Gasteiger partial charge in [-0.1, -0.05) is 15.9 Å². The highest BCUT2D eigenvalue weighted by molar-refractivity contribution is 14.1. The Balaban J connectivity index is 0.000000141. The number of nitrogen functional groups attached to an aromatic ring is 1. The molecule has 3 aliphatic heterocycles. The smallest absolute Gasteiger partial charge is 0.410 e. The predicted molar refractivity (Wildman–Crippen MR) is 370 cm³/mol. The first-order valence-corrected chi connectivity index (χ1v) is 32.8. The number of ketones is 1. The molecule has 0 spiro atoms. The second-order valence-corrected chi connectivity index (χ2v) is 25.5. The zero-order valence-corrected chi connectivity index (χ0v) is 57.6. The minimum atomic E-state index is -0.516. The van der Waals surface area contributed by atoms with Gasteiger partial charge in [0.05, 0.1) is 54.4 Å². The van der Waals surface area contributed by atoms with E-state index in [0.29, 0.717) is 50.6 Å². The van der Waals surface area contributed by atoms with E-state index in [-0.39, 0.29) is 52.4 Å². The number of hydrogen-bond donors (Lipinski definition) is 2. The zero-order valence-electron chi connectivity index (χ0n) is 53.9. The van der Waals surface area contributed by atoms with E-state index in [9.17, 15) is 36.3 Å². The maximum absolute atomic E-state index is 13.1. The van der Waals surface area contributed by atoms with E-state index in [0.717, 1.165) is 91.5 Å². The van der Waals surface area contributed by atoms with Gasteiger partial charge < -0.3 is 38.6 Å². The molecule has 20 nitrogen and oxygen atoms in total. The summed E-state index contributed by atoms with van der Waals surface area (Å²) in [6.45, 7) is 17.2. The van der Waals surface area contributed by atoms with Crippen LogP contribution in [-0.4, -0.2) is 117 Å². The number of amides is 2. The number of carbonyl (C=O) groups is 3. The molecule has 0 bridgehead atoms. The van der Waals surface area contributed by atoms with Gasteiger partial charge in [0.15, 0.2) is 11.4 Å². The number of imidazole rings is 4. The largest absolute Gasteiger partial charge is 0.444 e. The van der Waals surface area contributed by atoms with Crippen molar-refractivity contribution in [2.45, 2.75) is 92.0 Å². The number of anilines is 1. The van der Waals surface area contributed by atoms with Crippen LogP contribution < -0.4 is 11.1 Å². The van der Waals surface area contributed by atoms with Crippen molar-refractivity contribution in [3.63, 3.8) is 0 Å². The van der Waals surface area contributed by atoms with Gasteiger partial charge in [0.25, 0.3) is 0 Å². The first-order valence-electron chi connectivity index (χ1n) is 30.6. The summed E-state index contributed by atoms with van der Waals surface area (Å²) in [5.74, 6) is 1.78. The fourth-order valence-corrected chi connectivity index (χ4v) is 10.9. The molecule has 97 heavy (non-hydrogen) atoms. The average Bonchev–Trinajstić information content (AvgIpc) is 1.67. The number of nitrogens with two attached hydrogens (primary N) is 1. The van der Waals surface area contributed by atoms with Crippen LogP contribution in [0.5, 0.6) is 0 Å². The first kappa shape index (κ1) is 71.6. The van der Waals surface area contributed by atoms with Crippen LogP contribution in [0.2, 0.25) is 0 Å². The Hall–Kier alpha value is -9.74. The molecule has 0 unspecified atom stereocenters. The van der Waals surface area contributed by atoms with Gasteiger partial charge in [0.2, 0.25) is 0 Å². The van der Waals surface area contributed by atoms with Crippen LogP contribution in [0.3, 0.4) is 0 Å². The highest BCUT2D eigenvalue weighted by atomic mass is 127. The van der Waals surface area contributed by atoms with Crippen molar-refractivity contribution >= 4 is 68.0 Å². The summed E-state index contributed by atoms with van der Waals surface area (Å²) in [5, 5.41) is 3.55. The maximum Gasteiger partial charge on any atom is 0.410 e. The lowest BCUT2D eigenvalue weighted by Gasteiger charge is -2.30. The molecule has 0 aliphatic carbocycles. The van der Waals surface area contributed by atoms with E-state index in [1.165, 1.54) is 79.0 Å². The fraction of sp³-hybridized carbons (Fsp3) is 0.257. The Morgan fingerprint density at radius 1 is 0.546 bits per heavy atom. The van der Waals surface area contributed by atoms with Crippen LogP contribution >= 0.6 is 38.5 Å². The van der Waals surface area contributed by atoms with Crippen LogP contribution in [0, 0.1) is 32.8 Å². The SMILES string of the molecule is CC(C)(C)OC(=O)N1CCn2c(nc(-c3ccc(F)cc3)c2I)C1.CC(C)(C)OC(=O)N1CCn2cc(-c3ccc(F)cc3)nc2C1.Fc1ccc(-c2cn3c(n2)CNCC3)cc1.Fc1ccc(-c2cn3ccncc3n2)cc1.Nc1cnccn1.O=C(CBr)c1ccc(F)cc1. The molecule has 3 aliphatic rings. The lowest BCUT2D eigenvalue weighted by Crippen LogP contribution is -2.41. The van der Waals surface area contributed by atoms with Crippen molar-refractivity contribution in [1.29, 1.82) is 0 Å². The third kappa shape index (κ3) is 20.6. The molecule has 0 atom stereocenters. The van der Waals surface area contributed by atoms with E-state index < -0.39 is 11.2 Å². The lowest BCUT2D eigenvalue weighted by molar-refractivity contribution is 0.0185. The van der Waals surface area contributed by atoms with Crippen LogP contribution in [0.4, 0.5) is 37.4 Å². The summed E-state index contributed by atoms with van der Waals surface area (Å²) in [4.78, 5) is 68.2. The number of rotatable bonds is 6. The average molecular weight is 1500 g/mol. The molecule has 0 radical (unpaired) electrons. The van der Waals surface area contributed by atoms with Gasteiger partial charge in [-0.05, 0) is 185 Å². The second-order valence-electron chi connectivity index (χ2n) is 24.0. The number of ether oxygens (including phenoxy) is 2. The van der Waals surface area contributed by atoms with E-state index in [1.54, 1.807) is 83.1 Å². The molecular weight excluding hydrogens is 1430 g/mol. The van der Waals surface area contributed by atoms with Crippen molar-refractivity contribution in [1.82, 2.24) is 68.1 Å². The fourth-order valence-electron chi connectivity index (χ4n) is 9.64. The zero-order chi connectivity index (χ0) is 69.4. The Morgan fingerprint density at radius 2 is 1.01 bits per heavy atom. The van der Waals surface area contributed by atoms with Gasteiger partial charge in [-0.3, -0.25) is 24.6 Å². The summed E-state index contributed by atoms with van der Waals surface area (Å²) in [5.41, 5.74) is 12.4. The Kier molecular flexibility index (Phi) is 24.2. The normalized spacial score (nSPS) is 13.0. The highest BCUT2D eigenvalue weighted by Crippen LogP contribution is 2.30. The molecule has 0 saturated carbocycles. The number of aromatic nitrogens is 11. The number of nitrogens with zero attached hydrogens (tertiary/aromatic N) is 13. The molecule has 6 aromatic heterocycles. The summed E-state index contributed by atoms with van der Waals surface area (Å²) in [7, 11) is 0. The third-order valence-electron chi connectivity index (χ3n) is 14.4. The number of nitrogens with one attached hydrogen (secondary N) is 1. The number of Topliss-reactive ketones (excluding diaryl/α,β-unsaturated/α-hetero) is 1. The number of fused-ring (bicyclic) bond motifs is 4. The van der Waals surface area contributed by atoms with Crippen LogP contribution in [0.15, 0.2) is 177 Å². The highest BCUT2D eigenvalue weighted by Gasteiger charge is 2.30. The Bertz CT molecular complexity index is 4350. The standard InChI is InChI=1S/C17H19FIN3O2.C17H20FN3O2.C12H12FN3.C12H8FN3.C8H6BrFO.C4H5N3/c1-17(2,3)24-16(23)21-8-9-22-13(10-21)20-14(15(22)19)11-4-6-12(18)7-5-11;1-17(2,3)23-16(22)21-9-8-20-10-14(19-15(20)11-21)12-4-6-13(18)7-5-12;2*13-10-3-1-9(2-4-10)11-8-16-6-5-14-7-12(16)15-11;9-5-8(11)6-1-3-7(10)4-2-6;5-4-3-6-1-2-7-4/h4-7H,8-10H2,1-3H3;4-7,10H,8-9,11H2,1-3H3;1-4,8,14H,5-7H2;1-8H;1-4H,5H2;1-3H,(H2,5,7). The summed E-state index contributed by atoms with van der Waals surface area (Å²) in [6, 6.07) is 30.8. The number of hydrogen-bond acceptors (Lipinski definition) is 14. The molecule has 14 rings (SSSR count). The van der Waals surface area contributed by atoms with Crippen molar-refractivity contribution in [2.75, 3.05) is 30.7 Å². The summed E-state index contributed by atoms with van der Waals surface area (Å²) >= 11 is 5.28. The molecule has 2 amide bonds. The van der Waals surface area contributed by atoms with E-state index in [1.807, 2.05) is 75.3 Å². The monoisotopic (exact) mass is 1500 g/mol. The Labute approximate surface area is 579 Å². The minimum absolute atomic E-state index is 0.0370. The van der Waals surface area contributed by atoms with E-state index in [4.69, 9.17) is 15.2 Å². The number of carbonyl (C=O) groups excluding carboxylic acids is 3. The van der Waals surface area contributed by atoms with Gasteiger partial charge in [0.1, 0.15) is 73.0 Å². The van der Waals surface area contributed by atoms with Crippen molar-refractivity contribution in [2.24, 2.45) is 0 Å². The third-order valence-corrected chi connectivity index (χ3v) is 16.0. The van der Waals surface area contributed by atoms with E-state index in [2.05, 4.69) is 87.9 Å². The lowest BCUT2D eigenvalue weighted by atomic mass is 10.1. The van der Waals surface area contributed by atoms with Gasteiger partial charge in [-0.2, -0.15) is 0 Å². The first-order chi connectivity index (χ1) is 46.3. The molecule has 27 heteroatoms. The molecule has 9 heterocycles. The van der Waals surface area contributed by atoms with Crippen LogP contribution in [0.1, 0.15) is 69.4 Å². The van der Waals surface area contributed by atoms with Crippen molar-refractivity contribution in [3.8, 4) is 45.0 Å². The summed E-state index contributed by atoms with van der Waals surface area (Å²) in [6.07, 6.45) is 15.1. The molecule has 11 aromatic rings. The molecular formula is C70H70BrF5IN15O5. The van der Waals surface area contributed by atoms with Gasteiger partial charge in [-0.25, -0.2) is 56.5 Å². The minimum Gasteiger partial charge on any atom is -0.444 e. The van der Waals surface area contributed by atoms with Crippen molar-refractivity contribution in [3.05, 3.63) is 233 Å². The summed E-state index contributed by atoms with van der Waals surface area (Å²) < 4.78 is 84.0. The Morgan fingerprint density at radius 3 is 1.47 bits per heavy atom. The molecule has 0 fully saturated rings. The van der Waals surface area contributed by atoms with Gasteiger partial charge >= 0.3 is 12.2 Å². The number of halogens is 7. The van der Waals surface area contributed by atoms with Crippen molar-refractivity contribution < 1.29 is 45.8 Å². The van der Waals surface area contributed by atoms with Crippen LogP contribution in [-0.2, 0) is 48.7 Å². The predicted octanol–water partition coefficient (Wildman–Crippen LogP) is 14.3. The van der Waals surface area contributed by atoms with E-state index >= 15 is 0 Å². The molecule has 0 saturated heterocycles. The van der Waals surface area contributed by atoms with Crippen LogP contribution in [0.25, 0.3) is 50.7 Å². The number of alkyl halides is 1. The second kappa shape index (κ2) is 32.8. The van der Waals surface area contributed by atoms with Gasteiger partial charge in [0, 0.05) is 110 Å². The quantitative estimate of drug-likeness (QED) is 0.0684. The topological polar surface area (TPSA) is 224 Å². The van der Waals surface area contributed by atoms with Gasteiger partial charge in [-0.15, -0.1) is 0 Å². The maximum atomic E-state index is 13.1.